The van der Waals surface area contributed by atoms with E-state index in [1.807, 2.05) is 0 Å². The lowest BCUT2D eigenvalue weighted by atomic mass is 9.91. The Morgan fingerprint density at radius 3 is 2.39 bits per heavy atom. The smallest absolute Gasteiger partial charge is 0.224 e. The van der Waals surface area contributed by atoms with Crippen molar-refractivity contribution in [1.29, 1.82) is 0 Å². The predicted octanol–water partition coefficient (Wildman–Crippen LogP) is 2.25. The first kappa shape index (κ1) is 14.1. The number of halogens is 1. The zero-order chi connectivity index (χ0) is 11.9. The molecule has 104 valence electrons. The van der Waals surface area contributed by atoms with E-state index >= 15 is 0 Å². The molecule has 0 aromatic carbocycles. The van der Waals surface area contributed by atoms with Crippen LogP contribution in [0.4, 0.5) is 0 Å². The summed E-state index contributed by atoms with van der Waals surface area (Å²) >= 11 is 0. The maximum Gasteiger partial charge on any atom is 0.224 e. The minimum Gasteiger partial charge on any atom is -0.351 e. The summed E-state index contributed by atoms with van der Waals surface area (Å²) in [6.45, 7) is 4.41. The largest absolute Gasteiger partial charge is 0.351 e. The Bertz CT molecular complexity index is 320. The summed E-state index contributed by atoms with van der Waals surface area (Å²) in [5, 5.41) is 6.72. The van der Waals surface area contributed by atoms with Crippen molar-refractivity contribution in [2.24, 2.45) is 11.3 Å². The van der Waals surface area contributed by atoms with Crippen molar-refractivity contribution in [1.82, 2.24) is 10.6 Å². The fourth-order valence-corrected chi connectivity index (χ4v) is 3.86. The molecule has 3 fully saturated rings. The second-order valence-electron chi connectivity index (χ2n) is 6.63. The summed E-state index contributed by atoms with van der Waals surface area (Å²) in [7, 11) is 0. The lowest BCUT2D eigenvalue weighted by Gasteiger charge is -2.27. The molecule has 1 spiro atoms. The number of carbonyl (C=O) groups excluding carboxylic acids is 1. The summed E-state index contributed by atoms with van der Waals surface area (Å²) in [5.41, 5.74) is 0.484. The highest BCUT2D eigenvalue weighted by molar-refractivity contribution is 5.85. The molecular formula is C14H25ClN2O. The van der Waals surface area contributed by atoms with Crippen molar-refractivity contribution in [3.63, 3.8) is 0 Å². The number of hydrogen-bond donors (Lipinski definition) is 2. The minimum atomic E-state index is 0. The van der Waals surface area contributed by atoms with Crippen LogP contribution in [0.15, 0.2) is 0 Å². The van der Waals surface area contributed by atoms with Crippen LogP contribution in [0.3, 0.4) is 0 Å². The third-order valence-corrected chi connectivity index (χ3v) is 5.24. The average Bonchev–Trinajstić information content (AvgIpc) is 2.82. The maximum atomic E-state index is 12.3. The molecular weight excluding hydrogens is 248 g/mol. The summed E-state index contributed by atoms with van der Waals surface area (Å²) in [6.07, 6.45) is 8.41. The molecule has 18 heavy (non-hydrogen) atoms. The van der Waals surface area contributed by atoms with Gasteiger partial charge in [0.1, 0.15) is 0 Å². The van der Waals surface area contributed by atoms with Crippen molar-refractivity contribution in [3.8, 4) is 0 Å². The zero-order valence-electron chi connectivity index (χ0n) is 11.3. The van der Waals surface area contributed by atoms with Crippen LogP contribution in [-0.2, 0) is 4.79 Å². The Morgan fingerprint density at radius 2 is 1.78 bits per heavy atom. The number of hydrogen-bond acceptors (Lipinski definition) is 2. The quantitative estimate of drug-likeness (QED) is 0.810. The Morgan fingerprint density at radius 1 is 1.17 bits per heavy atom. The SMILES string of the molecule is CC1(NC(=O)C2CC23CCNCC3)CCCC1.Cl. The van der Waals surface area contributed by atoms with Gasteiger partial charge in [0.15, 0.2) is 0 Å². The number of carbonyl (C=O) groups is 1. The highest BCUT2D eigenvalue weighted by Gasteiger charge is 2.58. The van der Waals surface area contributed by atoms with Gasteiger partial charge in [-0.3, -0.25) is 4.79 Å². The van der Waals surface area contributed by atoms with Crippen molar-refractivity contribution in [2.45, 2.75) is 57.4 Å². The van der Waals surface area contributed by atoms with Gasteiger partial charge in [0, 0.05) is 11.5 Å². The van der Waals surface area contributed by atoms with Crippen LogP contribution in [0, 0.1) is 11.3 Å². The molecule has 1 saturated heterocycles. The number of rotatable bonds is 2. The van der Waals surface area contributed by atoms with Gasteiger partial charge in [0.25, 0.3) is 0 Å². The van der Waals surface area contributed by atoms with Crippen LogP contribution in [-0.4, -0.2) is 24.5 Å². The lowest BCUT2D eigenvalue weighted by molar-refractivity contribution is -0.125. The van der Waals surface area contributed by atoms with Crippen LogP contribution < -0.4 is 10.6 Å². The molecule has 4 heteroatoms. The van der Waals surface area contributed by atoms with E-state index in [0.717, 1.165) is 19.5 Å². The molecule has 1 aliphatic heterocycles. The standard InChI is InChI=1S/C14H24N2O.ClH/c1-13(4-2-3-5-13)16-12(17)11-10-14(11)6-8-15-9-7-14;/h11,15H,2-10H2,1H3,(H,16,17);1H. The van der Waals surface area contributed by atoms with Gasteiger partial charge < -0.3 is 10.6 Å². The van der Waals surface area contributed by atoms with Crippen molar-refractivity contribution in [2.75, 3.05) is 13.1 Å². The molecule has 0 bridgehead atoms. The van der Waals surface area contributed by atoms with E-state index in [4.69, 9.17) is 0 Å². The van der Waals surface area contributed by atoms with Crippen LogP contribution in [0.25, 0.3) is 0 Å². The van der Waals surface area contributed by atoms with E-state index < -0.39 is 0 Å². The van der Waals surface area contributed by atoms with E-state index in [9.17, 15) is 4.79 Å². The molecule has 3 aliphatic rings. The van der Waals surface area contributed by atoms with Gasteiger partial charge in [-0.15, -0.1) is 12.4 Å². The fraction of sp³-hybridized carbons (Fsp3) is 0.929. The minimum absolute atomic E-state index is 0. The molecule has 0 radical (unpaired) electrons. The van der Waals surface area contributed by atoms with Crippen LogP contribution in [0.5, 0.6) is 0 Å². The normalized spacial score (nSPS) is 31.7. The molecule has 0 aromatic heterocycles. The fourth-order valence-electron chi connectivity index (χ4n) is 3.86. The second-order valence-corrected chi connectivity index (χ2v) is 6.63. The van der Waals surface area contributed by atoms with Gasteiger partial charge in [0.2, 0.25) is 5.91 Å². The van der Waals surface area contributed by atoms with E-state index in [2.05, 4.69) is 17.6 Å². The number of piperidine rings is 1. The van der Waals surface area contributed by atoms with Gasteiger partial charge in [-0.25, -0.2) is 0 Å². The summed E-state index contributed by atoms with van der Waals surface area (Å²) in [5.74, 6) is 0.665. The molecule has 1 atom stereocenters. The Labute approximate surface area is 116 Å². The summed E-state index contributed by atoms with van der Waals surface area (Å²) < 4.78 is 0. The van der Waals surface area contributed by atoms with E-state index in [1.165, 1.54) is 38.5 Å². The predicted molar refractivity (Wildman–Crippen MR) is 74.9 cm³/mol. The Balaban J connectivity index is 0.00000120. The molecule has 3 nitrogen and oxygen atoms in total. The van der Waals surface area contributed by atoms with Crippen molar-refractivity contribution < 1.29 is 4.79 Å². The molecule has 1 amide bonds. The van der Waals surface area contributed by atoms with E-state index in [-0.39, 0.29) is 17.9 Å². The Hall–Kier alpha value is -0.280. The maximum absolute atomic E-state index is 12.3. The van der Waals surface area contributed by atoms with Crippen LogP contribution in [0.2, 0.25) is 0 Å². The van der Waals surface area contributed by atoms with Crippen molar-refractivity contribution in [3.05, 3.63) is 0 Å². The molecule has 2 aliphatic carbocycles. The molecule has 0 aromatic rings. The third kappa shape index (κ3) is 2.53. The van der Waals surface area contributed by atoms with Gasteiger partial charge in [-0.2, -0.15) is 0 Å². The lowest BCUT2D eigenvalue weighted by Crippen LogP contribution is -2.45. The molecule has 2 saturated carbocycles. The monoisotopic (exact) mass is 272 g/mol. The second kappa shape index (κ2) is 5.01. The van der Waals surface area contributed by atoms with Gasteiger partial charge >= 0.3 is 0 Å². The zero-order valence-corrected chi connectivity index (χ0v) is 12.1. The summed E-state index contributed by atoms with van der Waals surface area (Å²) in [4.78, 5) is 12.3. The Kier molecular flexibility index (Phi) is 3.93. The average molecular weight is 273 g/mol. The number of amides is 1. The topological polar surface area (TPSA) is 41.1 Å². The van der Waals surface area contributed by atoms with E-state index in [0.29, 0.717) is 17.2 Å². The van der Waals surface area contributed by atoms with E-state index in [1.54, 1.807) is 0 Å². The third-order valence-electron chi connectivity index (χ3n) is 5.24. The number of nitrogens with one attached hydrogen (secondary N) is 2. The van der Waals surface area contributed by atoms with Crippen LogP contribution in [0.1, 0.15) is 51.9 Å². The van der Waals surface area contributed by atoms with Crippen LogP contribution >= 0.6 is 12.4 Å². The molecule has 1 unspecified atom stereocenters. The van der Waals surface area contributed by atoms with Crippen molar-refractivity contribution >= 4 is 18.3 Å². The summed E-state index contributed by atoms with van der Waals surface area (Å²) in [6, 6.07) is 0. The first-order valence-corrected chi connectivity index (χ1v) is 7.16. The van der Waals surface area contributed by atoms with Gasteiger partial charge in [-0.05, 0) is 57.5 Å². The molecule has 3 rings (SSSR count). The molecule has 2 N–H and O–H groups in total. The van der Waals surface area contributed by atoms with Gasteiger partial charge in [-0.1, -0.05) is 12.8 Å². The first-order chi connectivity index (χ1) is 8.14. The molecule has 1 heterocycles. The highest BCUT2D eigenvalue weighted by Crippen LogP contribution is 2.58. The highest BCUT2D eigenvalue weighted by atomic mass is 35.5. The first-order valence-electron chi connectivity index (χ1n) is 7.16. The van der Waals surface area contributed by atoms with Gasteiger partial charge in [0.05, 0.1) is 0 Å².